The standard InChI is InChI=1S/C10H10FNO2/c1-2-9(12)7-4-3-6(10(13)14)5-8(7)11/h2-5,9H,1,12H2,(H,13,14)/t9-/m1/s1. The third-order valence-corrected chi connectivity index (χ3v) is 1.86. The molecule has 4 heteroatoms. The molecule has 0 bridgehead atoms. The number of aromatic carboxylic acids is 1. The molecule has 1 atom stereocenters. The normalized spacial score (nSPS) is 12.1. The molecule has 0 aliphatic carbocycles. The Morgan fingerprint density at radius 3 is 2.71 bits per heavy atom. The SMILES string of the molecule is C=C[C@@H](N)c1ccc(C(=O)O)cc1F. The first-order valence-corrected chi connectivity index (χ1v) is 3.97. The van der Waals surface area contributed by atoms with Crippen molar-refractivity contribution in [3.63, 3.8) is 0 Å². The highest BCUT2D eigenvalue weighted by atomic mass is 19.1. The lowest BCUT2D eigenvalue weighted by Gasteiger charge is -2.07. The van der Waals surface area contributed by atoms with Crippen molar-refractivity contribution in [1.29, 1.82) is 0 Å². The average Bonchev–Trinajstić information content (AvgIpc) is 2.16. The van der Waals surface area contributed by atoms with Crippen LogP contribution >= 0.6 is 0 Å². The van der Waals surface area contributed by atoms with Crippen molar-refractivity contribution in [1.82, 2.24) is 0 Å². The minimum absolute atomic E-state index is 0.0949. The molecule has 0 fully saturated rings. The predicted octanol–water partition coefficient (Wildman–Crippen LogP) is 1.71. The van der Waals surface area contributed by atoms with Gasteiger partial charge in [-0.05, 0) is 12.1 Å². The molecule has 0 aromatic heterocycles. The Hall–Kier alpha value is -1.68. The van der Waals surface area contributed by atoms with Crippen molar-refractivity contribution < 1.29 is 14.3 Å². The lowest BCUT2D eigenvalue weighted by Crippen LogP contribution is -2.09. The van der Waals surface area contributed by atoms with E-state index in [-0.39, 0.29) is 11.1 Å². The maximum absolute atomic E-state index is 13.3. The minimum Gasteiger partial charge on any atom is -0.478 e. The number of hydrogen-bond donors (Lipinski definition) is 2. The molecule has 3 N–H and O–H groups in total. The van der Waals surface area contributed by atoms with Crippen LogP contribution in [0, 0.1) is 5.82 Å². The van der Waals surface area contributed by atoms with Gasteiger partial charge in [0.2, 0.25) is 0 Å². The van der Waals surface area contributed by atoms with Crippen molar-refractivity contribution in [2.75, 3.05) is 0 Å². The highest BCUT2D eigenvalue weighted by molar-refractivity contribution is 5.87. The summed E-state index contributed by atoms with van der Waals surface area (Å²) in [5.74, 6) is -1.79. The van der Waals surface area contributed by atoms with Crippen LogP contribution in [0.5, 0.6) is 0 Å². The van der Waals surface area contributed by atoms with E-state index in [4.69, 9.17) is 10.8 Å². The number of benzene rings is 1. The van der Waals surface area contributed by atoms with Crippen molar-refractivity contribution in [3.05, 3.63) is 47.8 Å². The van der Waals surface area contributed by atoms with Crippen LogP contribution < -0.4 is 5.73 Å². The third kappa shape index (κ3) is 1.97. The fraction of sp³-hybridized carbons (Fsp3) is 0.100. The van der Waals surface area contributed by atoms with E-state index in [0.717, 1.165) is 6.07 Å². The van der Waals surface area contributed by atoms with Crippen LogP contribution in [-0.2, 0) is 0 Å². The molecule has 74 valence electrons. The summed E-state index contributed by atoms with van der Waals surface area (Å²) >= 11 is 0. The molecule has 0 unspecified atom stereocenters. The number of carbonyl (C=O) groups is 1. The van der Waals surface area contributed by atoms with E-state index in [1.807, 2.05) is 0 Å². The molecule has 14 heavy (non-hydrogen) atoms. The van der Waals surface area contributed by atoms with Crippen LogP contribution in [0.4, 0.5) is 4.39 Å². The number of carboxylic acid groups (broad SMARTS) is 1. The monoisotopic (exact) mass is 195 g/mol. The minimum atomic E-state index is -1.16. The lowest BCUT2D eigenvalue weighted by molar-refractivity contribution is 0.0696. The number of rotatable bonds is 3. The average molecular weight is 195 g/mol. The van der Waals surface area contributed by atoms with Gasteiger partial charge < -0.3 is 10.8 Å². The maximum atomic E-state index is 13.3. The summed E-state index contributed by atoms with van der Waals surface area (Å²) in [6.07, 6.45) is 1.39. The van der Waals surface area contributed by atoms with E-state index in [1.165, 1.54) is 18.2 Å². The van der Waals surface area contributed by atoms with Gasteiger partial charge in [-0.2, -0.15) is 0 Å². The van der Waals surface area contributed by atoms with E-state index in [9.17, 15) is 9.18 Å². The van der Waals surface area contributed by atoms with Crippen molar-refractivity contribution in [3.8, 4) is 0 Å². The van der Waals surface area contributed by atoms with Gasteiger partial charge in [-0.25, -0.2) is 9.18 Å². The molecule has 1 rings (SSSR count). The van der Waals surface area contributed by atoms with Gasteiger partial charge in [-0.1, -0.05) is 12.1 Å². The van der Waals surface area contributed by atoms with E-state index in [0.29, 0.717) is 0 Å². The molecule has 1 aromatic carbocycles. The quantitative estimate of drug-likeness (QED) is 0.721. The smallest absolute Gasteiger partial charge is 0.335 e. The van der Waals surface area contributed by atoms with Crippen molar-refractivity contribution in [2.24, 2.45) is 5.73 Å². The van der Waals surface area contributed by atoms with Gasteiger partial charge in [0, 0.05) is 5.56 Å². The first kappa shape index (κ1) is 10.4. The number of hydrogen-bond acceptors (Lipinski definition) is 2. The van der Waals surface area contributed by atoms with Gasteiger partial charge >= 0.3 is 5.97 Å². The summed E-state index contributed by atoms with van der Waals surface area (Å²) in [7, 11) is 0. The summed E-state index contributed by atoms with van der Waals surface area (Å²) in [5, 5.41) is 8.58. The van der Waals surface area contributed by atoms with E-state index in [1.54, 1.807) is 0 Å². The molecule has 0 amide bonds. The zero-order valence-corrected chi connectivity index (χ0v) is 7.40. The predicted molar refractivity (Wildman–Crippen MR) is 50.5 cm³/mol. The van der Waals surface area contributed by atoms with E-state index >= 15 is 0 Å². The van der Waals surface area contributed by atoms with Gasteiger partial charge in [-0.3, -0.25) is 0 Å². The highest BCUT2D eigenvalue weighted by Gasteiger charge is 2.11. The second-order valence-electron chi connectivity index (χ2n) is 2.80. The molecule has 0 heterocycles. The Morgan fingerprint density at radius 2 is 2.29 bits per heavy atom. The molecule has 0 radical (unpaired) electrons. The van der Waals surface area contributed by atoms with Gasteiger partial charge in [0.25, 0.3) is 0 Å². The van der Waals surface area contributed by atoms with Gasteiger partial charge in [0.1, 0.15) is 5.82 Å². The van der Waals surface area contributed by atoms with E-state index in [2.05, 4.69) is 6.58 Å². The second kappa shape index (κ2) is 4.02. The fourth-order valence-electron chi connectivity index (χ4n) is 1.06. The summed E-state index contributed by atoms with van der Waals surface area (Å²) in [4.78, 5) is 10.5. The Bertz CT molecular complexity index is 376. The summed E-state index contributed by atoms with van der Waals surface area (Å²) < 4.78 is 13.3. The Balaban J connectivity index is 3.13. The second-order valence-corrected chi connectivity index (χ2v) is 2.80. The van der Waals surface area contributed by atoms with Gasteiger partial charge in [-0.15, -0.1) is 6.58 Å². The van der Waals surface area contributed by atoms with Crippen LogP contribution in [-0.4, -0.2) is 11.1 Å². The van der Waals surface area contributed by atoms with Crippen LogP contribution in [0.15, 0.2) is 30.9 Å². The molecule has 0 spiro atoms. The maximum Gasteiger partial charge on any atom is 0.335 e. The zero-order valence-electron chi connectivity index (χ0n) is 7.40. The summed E-state index contributed by atoms with van der Waals surface area (Å²) in [5.41, 5.74) is 5.66. The van der Waals surface area contributed by atoms with Crippen LogP contribution in [0.1, 0.15) is 22.0 Å². The number of halogens is 1. The molecule has 1 aromatic rings. The summed E-state index contributed by atoms with van der Waals surface area (Å²) in [6, 6.07) is 2.99. The lowest BCUT2D eigenvalue weighted by atomic mass is 10.0. The Morgan fingerprint density at radius 1 is 1.64 bits per heavy atom. The highest BCUT2D eigenvalue weighted by Crippen LogP contribution is 2.17. The van der Waals surface area contributed by atoms with Crippen LogP contribution in [0.2, 0.25) is 0 Å². The summed E-state index contributed by atoms with van der Waals surface area (Å²) in [6.45, 7) is 3.43. The third-order valence-electron chi connectivity index (χ3n) is 1.86. The molecule has 0 saturated carbocycles. The molecular weight excluding hydrogens is 185 g/mol. The first-order chi connectivity index (χ1) is 6.56. The molecule has 3 nitrogen and oxygen atoms in total. The topological polar surface area (TPSA) is 63.3 Å². The largest absolute Gasteiger partial charge is 0.478 e. The number of nitrogens with two attached hydrogens (primary N) is 1. The van der Waals surface area contributed by atoms with Crippen molar-refractivity contribution in [2.45, 2.75) is 6.04 Å². The molecule has 0 saturated heterocycles. The van der Waals surface area contributed by atoms with Gasteiger partial charge in [0.05, 0.1) is 11.6 Å². The molecule has 0 aliphatic heterocycles. The fourth-order valence-corrected chi connectivity index (χ4v) is 1.06. The Labute approximate surface area is 80.7 Å². The van der Waals surface area contributed by atoms with Gasteiger partial charge in [0.15, 0.2) is 0 Å². The van der Waals surface area contributed by atoms with Crippen LogP contribution in [0.3, 0.4) is 0 Å². The first-order valence-electron chi connectivity index (χ1n) is 3.97. The van der Waals surface area contributed by atoms with E-state index < -0.39 is 17.8 Å². The molecule has 0 aliphatic rings. The molecular formula is C10H10FNO2. The van der Waals surface area contributed by atoms with Crippen molar-refractivity contribution >= 4 is 5.97 Å². The van der Waals surface area contributed by atoms with Crippen LogP contribution in [0.25, 0.3) is 0 Å². The number of carboxylic acids is 1. The Kier molecular flexibility index (Phi) is 2.99. The zero-order chi connectivity index (χ0) is 10.7.